The van der Waals surface area contributed by atoms with Crippen molar-refractivity contribution in [3.63, 3.8) is 0 Å². The van der Waals surface area contributed by atoms with Gasteiger partial charge in [-0.2, -0.15) is 4.98 Å². The molecule has 8 heteroatoms. The number of nitrogens with zero attached hydrogens (tertiary/aromatic N) is 3. The summed E-state index contributed by atoms with van der Waals surface area (Å²) in [6, 6.07) is 6.02. The van der Waals surface area contributed by atoms with E-state index in [1.54, 1.807) is 12.1 Å². The van der Waals surface area contributed by atoms with Gasteiger partial charge in [0.05, 0.1) is 15.1 Å². The lowest BCUT2D eigenvalue weighted by molar-refractivity contribution is -0.384. The van der Waals surface area contributed by atoms with Crippen LogP contribution in [0.15, 0.2) is 28.7 Å². The van der Waals surface area contributed by atoms with E-state index in [9.17, 15) is 10.1 Å². The van der Waals surface area contributed by atoms with E-state index in [0.717, 1.165) is 0 Å². The van der Waals surface area contributed by atoms with Crippen molar-refractivity contribution in [2.75, 3.05) is 5.73 Å². The normalized spacial score (nSPS) is 10.3. The third-order valence-electron chi connectivity index (χ3n) is 2.18. The van der Waals surface area contributed by atoms with Crippen LogP contribution in [0.4, 0.5) is 11.5 Å². The van der Waals surface area contributed by atoms with Crippen molar-refractivity contribution in [2.24, 2.45) is 0 Å². The number of nitro groups is 1. The summed E-state index contributed by atoms with van der Waals surface area (Å²) in [6.07, 6.45) is 0. The average Bonchev–Trinajstić information content (AvgIpc) is 2.34. The lowest BCUT2D eigenvalue weighted by Gasteiger charge is -2.06. The second-order valence-electron chi connectivity index (χ2n) is 3.35. The second-order valence-corrected chi connectivity index (χ2v) is 4.48. The Hall–Kier alpha value is -1.73. The summed E-state index contributed by atoms with van der Waals surface area (Å²) < 4.78 is 0.451. The molecule has 1 aromatic heterocycles. The minimum atomic E-state index is -0.483. The molecule has 0 aliphatic rings. The van der Waals surface area contributed by atoms with Crippen LogP contribution in [0, 0.1) is 10.1 Å². The first-order valence-electron chi connectivity index (χ1n) is 4.72. The Bertz CT molecular complexity index is 635. The van der Waals surface area contributed by atoms with Gasteiger partial charge in [-0.15, -0.1) is 0 Å². The highest BCUT2D eigenvalue weighted by molar-refractivity contribution is 9.10. The molecule has 0 amide bonds. The molecule has 1 aromatic carbocycles. The van der Waals surface area contributed by atoms with Crippen LogP contribution >= 0.6 is 27.5 Å². The van der Waals surface area contributed by atoms with Crippen LogP contribution < -0.4 is 5.73 Å². The van der Waals surface area contributed by atoms with Gasteiger partial charge < -0.3 is 5.73 Å². The van der Waals surface area contributed by atoms with Gasteiger partial charge in [0, 0.05) is 17.7 Å². The van der Waals surface area contributed by atoms with Crippen molar-refractivity contribution in [3.05, 3.63) is 44.1 Å². The van der Waals surface area contributed by atoms with E-state index in [1.165, 1.54) is 12.1 Å². The van der Waals surface area contributed by atoms with Crippen molar-refractivity contribution in [1.82, 2.24) is 9.97 Å². The summed E-state index contributed by atoms with van der Waals surface area (Å²) in [6.45, 7) is 0. The van der Waals surface area contributed by atoms with Gasteiger partial charge >= 0.3 is 0 Å². The van der Waals surface area contributed by atoms with Gasteiger partial charge in [-0.1, -0.05) is 12.1 Å². The van der Waals surface area contributed by atoms with Gasteiger partial charge in [-0.25, -0.2) is 4.98 Å². The van der Waals surface area contributed by atoms with Crippen molar-refractivity contribution in [2.45, 2.75) is 0 Å². The summed E-state index contributed by atoms with van der Waals surface area (Å²) >= 11 is 8.95. The molecule has 0 aliphatic heterocycles. The van der Waals surface area contributed by atoms with Crippen molar-refractivity contribution >= 4 is 39.0 Å². The van der Waals surface area contributed by atoms with Crippen molar-refractivity contribution in [3.8, 4) is 11.3 Å². The zero-order chi connectivity index (χ0) is 13.3. The summed E-state index contributed by atoms with van der Waals surface area (Å²) in [5.41, 5.74) is 6.55. The van der Waals surface area contributed by atoms with Crippen LogP contribution in [0.3, 0.4) is 0 Å². The van der Waals surface area contributed by atoms with Gasteiger partial charge in [0.25, 0.3) is 5.69 Å². The minimum absolute atomic E-state index is 0.0165. The Labute approximate surface area is 115 Å². The van der Waals surface area contributed by atoms with Crippen LogP contribution in [-0.4, -0.2) is 14.9 Å². The smallest absolute Gasteiger partial charge is 0.270 e. The number of hydrogen-bond acceptors (Lipinski definition) is 5. The summed E-state index contributed by atoms with van der Waals surface area (Å²) in [7, 11) is 0. The molecule has 0 saturated heterocycles. The maximum atomic E-state index is 10.7. The fraction of sp³-hybridized carbons (Fsp3) is 0. The first kappa shape index (κ1) is 12.7. The molecule has 92 valence electrons. The third-order valence-corrected chi connectivity index (χ3v) is 3.13. The van der Waals surface area contributed by atoms with Gasteiger partial charge in [-0.3, -0.25) is 10.1 Å². The number of hydrogen-bond donors (Lipinski definition) is 1. The summed E-state index contributed by atoms with van der Waals surface area (Å²) in [5, 5.41) is 10.7. The van der Waals surface area contributed by atoms with Crippen molar-refractivity contribution < 1.29 is 4.92 Å². The molecule has 2 rings (SSSR count). The monoisotopic (exact) mass is 328 g/mol. The maximum absolute atomic E-state index is 10.7. The Morgan fingerprint density at radius 3 is 2.78 bits per heavy atom. The second kappa shape index (κ2) is 4.87. The van der Waals surface area contributed by atoms with Crippen LogP contribution in [0.5, 0.6) is 0 Å². The largest absolute Gasteiger partial charge is 0.383 e. The van der Waals surface area contributed by atoms with Crippen LogP contribution in [-0.2, 0) is 0 Å². The first-order valence-corrected chi connectivity index (χ1v) is 5.89. The Morgan fingerprint density at radius 1 is 1.39 bits per heavy atom. The number of benzene rings is 1. The first-order chi connectivity index (χ1) is 8.49. The molecular weight excluding hydrogens is 323 g/mol. The highest BCUT2D eigenvalue weighted by atomic mass is 79.9. The molecule has 0 fully saturated rings. The SMILES string of the molecule is Nc1nc(Cl)nc(-c2cccc([N+](=O)[O-])c2)c1Br. The fourth-order valence-corrected chi connectivity index (χ4v) is 1.98. The number of anilines is 1. The van der Waals surface area contributed by atoms with E-state index in [-0.39, 0.29) is 16.8 Å². The van der Waals surface area contributed by atoms with Crippen LogP contribution in [0.2, 0.25) is 5.28 Å². The molecule has 2 aromatic rings. The summed E-state index contributed by atoms with van der Waals surface area (Å²) in [5.74, 6) is 0.177. The third kappa shape index (κ3) is 2.41. The lowest BCUT2D eigenvalue weighted by atomic mass is 10.1. The van der Waals surface area contributed by atoms with E-state index < -0.39 is 4.92 Å². The van der Waals surface area contributed by atoms with Gasteiger partial charge in [0.1, 0.15) is 5.82 Å². The molecule has 18 heavy (non-hydrogen) atoms. The topological polar surface area (TPSA) is 94.9 Å². The van der Waals surface area contributed by atoms with Gasteiger partial charge in [-0.05, 0) is 27.5 Å². The number of aromatic nitrogens is 2. The number of nitrogens with two attached hydrogens (primary N) is 1. The maximum Gasteiger partial charge on any atom is 0.270 e. The van der Waals surface area contributed by atoms with E-state index in [1.807, 2.05) is 0 Å². The van der Waals surface area contributed by atoms with Crippen LogP contribution in [0.25, 0.3) is 11.3 Å². The standard InChI is InChI=1S/C10H6BrClN4O2/c11-7-8(14-10(12)15-9(7)13)5-2-1-3-6(4-5)16(17)18/h1-4H,(H2,13,14,15). The molecule has 0 spiro atoms. The molecule has 6 nitrogen and oxygen atoms in total. The molecular formula is C10H6BrClN4O2. The van der Waals surface area contributed by atoms with Crippen LogP contribution in [0.1, 0.15) is 0 Å². The molecule has 1 heterocycles. The predicted molar refractivity (Wildman–Crippen MR) is 71.2 cm³/mol. The number of non-ortho nitro benzene ring substituents is 1. The van der Waals surface area contributed by atoms with E-state index in [4.69, 9.17) is 17.3 Å². The molecule has 2 N–H and O–H groups in total. The molecule has 0 atom stereocenters. The zero-order valence-corrected chi connectivity index (χ0v) is 11.1. The van der Waals surface area contributed by atoms with Gasteiger partial charge in [0.15, 0.2) is 0 Å². The molecule has 0 unspecified atom stereocenters. The quantitative estimate of drug-likeness (QED) is 0.519. The lowest BCUT2D eigenvalue weighted by Crippen LogP contribution is -1.98. The fourth-order valence-electron chi connectivity index (χ4n) is 1.39. The molecule has 0 aliphatic carbocycles. The highest BCUT2D eigenvalue weighted by Crippen LogP contribution is 2.32. The van der Waals surface area contributed by atoms with Crippen molar-refractivity contribution in [1.29, 1.82) is 0 Å². The molecule has 0 bridgehead atoms. The molecule has 0 radical (unpaired) electrons. The minimum Gasteiger partial charge on any atom is -0.383 e. The number of nitrogen functional groups attached to an aromatic ring is 1. The Kier molecular flexibility index (Phi) is 3.44. The Balaban J connectivity index is 2.62. The van der Waals surface area contributed by atoms with E-state index >= 15 is 0 Å². The predicted octanol–water partition coefficient (Wildman–Crippen LogP) is 3.05. The van der Waals surface area contributed by atoms with Gasteiger partial charge in [0.2, 0.25) is 5.28 Å². The van der Waals surface area contributed by atoms with E-state index in [0.29, 0.717) is 15.7 Å². The summed E-state index contributed by atoms with van der Waals surface area (Å²) in [4.78, 5) is 18.0. The number of nitro benzene ring substituents is 1. The highest BCUT2D eigenvalue weighted by Gasteiger charge is 2.14. The van der Waals surface area contributed by atoms with E-state index in [2.05, 4.69) is 25.9 Å². The number of halogens is 2. The Morgan fingerprint density at radius 2 is 2.11 bits per heavy atom. The molecule has 0 saturated carbocycles. The average molecular weight is 330 g/mol. The zero-order valence-electron chi connectivity index (χ0n) is 8.80. The number of rotatable bonds is 2.